The van der Waals surface area contributed by atoms with E-state index >= 15 is 0 Å². The maximum Gasteiger partial charge on any atom is 0.407 e. The number of rotatable bonds is 4. The maximum absolute atomic E-state index is 11.3. The zero-order chi connectivity index (χ0) is 13.6. The van der Waals surface area contributed by atoms with Crippen LogP contribution in [0.5, 0.6) is 0 Å². The first-order valence-corrected chi connectivity index (χ1v) is 7.00. The van der Waals surface area contributed by atoms with Gasteiger partial charge < -0.3 is 10.1 Å². The van der Waals surface area contributed by atoms with Crippen molar-refractivity contribution in [2.75, 3.05) is 6.54 Å². The summed E-state index contributed by atoms with van der Waals surface area (Å²) in [5.41, 5.74) is 0.559. The summed E-state index contributed by atoms with van der Waals surface area (Å²) in [6.07, 6.45) is 4.29. The third kappa shape index (κ3) is 6.07. The fourth-order valence-corrected chi connectivity index (χ4v) is 2.09. The summed E-state index contributed by atoms with van der Waals surface area (Å²) in [6.45, 7) is 6.06. The van der Waals surface area contributed by atoms with Crippen LogP contribution in [0.2, 0.25) is 4.34 Å². The van der Waals surface area contributed by atoms with E-state index in [1.54, 1.807) is 0 Å². The number of carbonyl (C=O) groups excluding carboxylic acids is 1. The van der Waals surface area contributed by atoms with Gasteiger partial charge in [0.25, 0.3) is 0 Å². The van der Waals surface area contributed by atoms with Gasteiger partial charge in [-0.15, -0.1) is 11.3 Å². The van der Waals surface area contributed by atoms with Crippen LogP contribution in [0, 0.1) is 0 Å². The molecule has 0 unspecified atom stereocenters. The summed E-state index contributed by atoms with van der Waals surface area (Å²) >= 11 is 7.46. The Balaban J connectivity index is 2.21. The van der Waals surface area contributed by atoms with Gasteiger partial charge in [-0.3, -0.25) is 0 Å². The number of ether oxygens (including phenoxy) is 1. The molecule has 0 bridgehead atoms. The van der Waals surface area contributed by atoms with Gasteiger partial charge in [0.1, 0.15) is 9.94 Å². The van der Waals surface area contributed by atoms with E-state index in [4.69, 9.17) is 16.3 Å². The van der Waals surface area contributed by atoms with Crippen molar-refractivity contribution in [2.24, 2.45) is 0 Å². The van der Waals surface area contributed by atoms with Crippen LogP contribution in [0.1, 0.15) is 32.8 Å². The predicted molar refractivity (Wildman–Crippen MR) is 77.2 cm³/mol. The Kier molecular flexibility index (Phi) is 5.69. The molecule has 100 valence electrons. The summed E-state index contributed by atoms with van der Waals surface area (Å²) in [5, 5.41) is 4.64. The van der Waals surface area contributed by atoms with Crippen LogP contribution in [0.3, 0.4) is 0 Å². The van der Waals surface area contributed by atoms with Gasteiger partial charge in [-0.25, -0.2) is 4.79 Å². The number of thiophene rings is 1. The Morgan fingerprint density at radius 1 is 1.56 bits per heavy atom. The van der Waals surface area contributed by atoms with Gasteiger partial charge in [0.05, 0.1) is 0 Å². The molecule has 0 saturated carbocycles. The van der Waals surface area contributed by atoms with Crippen molar-refractivity contribution in [1.29, 1.82) is 0 Å². The molecular formula is C13H18ClNO2S. The van der Waals surface area contributed by atoms with Crippen LogP contribution in [0.4, 0.5) is 4.79 Å². The van der Waals surface area contributed by atoms with Crippen LogP contribution < -0.4 is 5.32 Å². The first-order valence-electron chi connectivity index (χ1n) is 5.75. The van der Waals surface area contributed by atoms with E-state index in [1.807, 2.05) is 44.4 Å². The molecule has 0 spiro atoms. The van der Waals surface area contributed by atoms with Gasteiger partial charge in [0.15, 0.2) is 0 Å². The third-order valence-electron chi connectivity index (χ3n) is 1.92. The number of hydrogen-bond acceptors (Lipinski definition) is 3. The topological polar surface area (TPSA) is 38.3 Å². The van der Waals surface area contributed by atoms with E-state index in [9.17, 15) is 4.79 Å². The van der Waals surface area contributed by atoms with E-state index in [-0.39, 0.29) is 6.09 Å². The highest BCUT2D eigenvalue weighted by Gasteiger charge is 2.15. The molecule has 18 heavy (non-hydrogen) atoms. The van der Waals surface area contributed by atoms with Crippen LogP contribution in [0.25, 0.3) is 6.08 Å². The van der Waals surface area contributed by atoms with Gasteiger partial charge in [0.2, 0.25) is 0 Å². The molecule has 1 N–H and O–H groups in total. The first-order chi connectivity index (χ1) is 8.38. The van der Waals surface area contributed by atoms with Crippen molar-refractivity contribution in [1.82, 2.24) is 5.32 Å². The molecule has 0 atom stereocenters. The number of hydrogen-bond donors (Lipinski definition) is 1. The van der Waals surface area contributed by atoms with Crippen LogP contribution >= 0.6 is 22.9 Å². The molecule has 0 aliphatic rings. The summed E-state index contributed by atoms with van der Waals surface area (Å²) in [4.78, 5) is 11.3. The highest BCUT2D eigenvalue weighted by Crippen LogP contribution is 2.23. The van der Waals surface area contributed by atoms with E-state index in [1.165, 1.54) is 11.3 Å². The molecular weight excluding hydrogens is 270 g/mol. The number of carbonyl (C=O) groups is 1. The lowest BCUT2D eigenvalue weighted by atomic mass is 10.2. The van der Waals surface area contributed by atoms with Crippen LogP contribution in [-0.2, 0) is 4.74 Å². The fourth-order valence-electron chi connectivity index (χ4n) is 1.20. The minimum absolute atomic E-state index is 0.385. The maximum atomic E-state index is 11.3. The molecule has 0 fully saturated rings. The van der Waals surface area contributed by atoms with Crippen molar-refractivity contribution in [3.8, 4) is 0 Å². The summed E-state index contributed by atoms with van der Waals surface area (Å²) < 4.78 is 5.90. The largest absolute Gasteiger partial charge is 0.444 e. The molecule has 3 nitrogen and oxygen atoms in total. The molecule has 0 radical (unpaired) electrons. The minimum Gasteiger partial charge on any atom is -0.444 e. The number of halogens is 1. The molecule has 1 aromatic heterocycles. The molecule has 5 heteroatoms. The molecule has 1 heterocycles. The molecule has 0 aliphatic heterocycles. The average molecular weight is 288 g/mol. The lowest BCUT2D eigenvalue weighted by molar-refractivity contribution is 0.0529. The summed E-state index contributed by atoms with van der Waals surface area (Å²) in [5.74, 6) is 0. The Bertz CT molecular complexity index is 421. The lowest BCUT2D eigenvalue weighted by Crippen LogP contribution is -2.32. The van der Waals surface area contributed by atoms with Crippen molar-refractivity contribution >= 4 is 35.1 Å². The van der Waals surface area contributed by atoms with E-state index < -0.39 is 5.60 Å². The molecule has 0 saturated heterocycles. The smallest absolute Gasteiger partial charge is 0.407 e. The predicted octanol–water partition coefficient (Wildman–Crippen LogP) is 4.33. The van der Waals surface area contributed by atoms with Gasteiger partial charge in [-0.05, 0) is 38.6 Å². The normalized spacial score (nSPS) is 11.8. The zero-order valence-electron chi connectivity index (χ0n) is 10.8. The van der Waals surface area contributed by atoms with Gasteiger partial charge in [-0.1, -0.05) is 23.8 Å². The van der Waals surface area contributed by atoms with E-state index in [2.05, 4.69) is 5.32 Å². The monoisotopic (exact) mass is 287 g/mol. The number of nitrogens with one attached hydrogen (secondary N) is 1. The third-order valence-corrected chi connectivity index (χ3v) is 3.12. The van der Waals surface area contributed by atoms with E-state index in [0.717, 1.165) is 16.3 Å². The first kappa shape index (κ1) is 15.1. The van der Waals surface area contributed by atoms with Gasteiger partial charge in [0, 0.05) is 12.1 Å². The minimum atomic E-state index is -0.454. The standard InChI is InChI=1S/C13H18ClNO2S/c1-13(2,3)17-12(16)15-8-5-4-6-10-7-9-18-11(10)14/h4,6-7,9H,5,8H2,1-3H3,(H,15,16). The molecule has 1 aromatic rings. The second kappa shape index (κ2) is 6.81. The highest BCUT2D eigenvalue weighted by molar-refractivity contribution is 7.14. The molecule has 0 aliphatic carbocycles. The van der Waals surface area contributed by atoms with Gasteiger partial charge in [-0.2, -0.15) is 0 Å². The lowest BCUT2D eigenvalue weighted by Gasteiger charge is -2.19. The Hall–Kier alpha value is -1.00. The number of amides is 1. The molecule has 0 aromatic carbocycles. The van der Waals surface area contributed by atoms with Crippen LogP contribution in [-0.4, -0.2) is 18.2 Å². The second-order valence-corrected chi connectivity index (χ2v) is 6.29. The van der Waals surface area contributed by atoms with Crippen molar-refractivity contribution < 1.29 is 9.53 Å². The fraction of sp³-hybridized carbons (Fsp3) is 0.462. The summed E-state index contributed by atoms with van der Waals surface area (Å²) in [6, 6.07) is 1.96. The number of alkyl carbamates (subject to hydrolysis) is 1. The quantitative estimate of drug-likeness (QED) is 0.837. The van der Waals surface area contributed by atoms with Crippen LogP contribution in [0.15, 0.2) is 17.5 Å². The Morgan fingerprint density at radius 2 is 2.28 bits per heavy atom. The Labute approximate surface area is 117 Å². The molecule has 1 rings (SSSR count). The SMILES string of the molecule is CC(C)(C)OC(=O)NCCC=Cc1ccsc1Cl. The molecule has 1 amide bonds. The second-order valence-electron chi connectivity index (χ2n) is 4.77. The average Bonchev–Trinajstić information content (AvgIpc) is 2.61. The van der Waals surface area contributed by atoms with Crippen molar-refractivity contribution in [3.63, 3.8) is 0 Å². The highest BCUT2D eigenvalue weighted by atomic mass is 35.5. The van der Waals surface area contributed by atoms with E-state index in [0.29, 0.717) is 6.54 Å². The van der Waals surface area contributed by atoms with Crippen molar-refractivity contribution in [3.05, 3.63) is 27.4 Å². The van der Waals surface area contributed by atoms with Crippen molar-refractivity contribution in [2.45, 2.75) is 32.8 Å². The zero-order valence-corrected chi connectivity index (χ0v) is 12.4. The van der Waals surface area contributed by atoms with Gasteiger partial charge >= 0.3 is 6.09 Å². The summed E-state index contributed by atoms with van der Waals surface area (Å²) in [7, 11) is 0. The Morgan fingerprint density at radius 3 is 2.83 bits per heavy atom.